The zero-order valence-electron chi connectivity index (χ0n) is 13.4. The summed E-state index contributed by atoms with van der Waals surface area (Å²) in [4.78, 5) is 20.3. The second-order valence-electron chi connectivity index (χ2n) is 5.60. The van der Waals surface area contributed by atoms with Crippen molar-refractivity contribution in [3.05, 3.63) is 57.6 Å². The van der Waals surface area contributed by atoms with Gasteiger partial charge in [0, 0.05) is 11.9 Å². The van der Waals surface area contributed by atoms with Crippen LogP contribution in [0.25, 0.3) is 32.8 Å². The van der Waals surface area contributed by atoms with Crippen molar-refractivity contribution in [2.75, 3.05) is 0 Å². The first-order valence-corrected chi connectivity index (χ1v) is 8.67. The number of hydrogen-bond donors (Lipinski definition) is 1. The molecule has 3 aromatic heterocycles. The number of benzene rings is 1. The topological polar surface area (TPSA) is 63.6 Å². The van der Waals surface area contributed by atoms with Crippen molar-refractivity contribution >= 4 is 44.1 Å². The number of aryl methyl sites for hydroxylation is 1. The number of para-hydroxylation sites is 1. The van der Waals surface area contributed by atoms with Crippen LogP contribution in [0.15, 0.2) is 40.5 Å². The van der Waals surface area contributed by atoms with E-state index in [4.69, 9.17) is 0 Å². The zero-order chi connectivity index (χ0) is 16.7. The minimum Gasteiger partial charge on any atom is -0.306 e. The van der Waals surface area contributed by atoms with Gasteiger partial charge in [-0.05, 0) is 43.0 Å². The van der Waals surface area contributed by atoms with Crippen molar-refractivity contribution in [2.24, 2.45) is 0 Å². The van der Waals surface area contributed by atoms with Crippen molar-refractivity contribution in [1.82, 2.24) is 19.7 Å². The molecule has 3 heterocycles. The molecule has 0 saturated carbocycles. The molecular weight excluding hydrogens is 320 g/mol. The highest BCUT2D eigenvalue weighted by molar-refractivity contribution is 7.16. The minimum atomic E-state index is -0.104. The Morgan fingerprint density at radius 2 is 2.12 bits per heavy atom. The standard InChI is InChI=1S/C18H16N4OS/c1-3-22-15-7-5-4-6-12(15)14(21-22)10-11(2)16-19-17(23)13-8-9-24-18(13)20-16/h4-10H,3H2,1-2H3,(H,19,20,23). The molecule has 0 saturated heterocycles. The number of thiophene rings is 1. The molecule has 0 radical (unpaired) electrons. The van der Waals surface area contributed by atoms with Gasteiger partial charge in [-0.3, -0.25) is 9.48 Å². The molecule has 24 heavy (non-hydrogen) atoms. The summed E-state index contributed by atoms with van der Waals surface area (Å²) in [7, 11) is 0. The second kappa shape index (κ2) is 5.72. The first-order valence-electron chi connectivity index (χ1n) is 7.79. The molecule has 1 N–H and O–H groups in total. The van der Waals surface area contributed by atoms with Gasteiger partial charge in [-0.15, -0.1) is 11.3 Å². The molecule has 0 fully saturated rings. The zero-order valence-corrected chi connectivity index (χ0v) is 14.2. The fourth-order valence-electron chi connectivity index (χ4n) is 2.83. The monoisotopic (exact) mass is 336 g/mol. The lowest BCUT2D eigenvalue weighted by Crippen LogP contribution is -2.09. The third-order valence-corrected chi connectivity index (χ3v) is 4.85. The molecule has 4 rings (SSSR count). The normalized spacial score (nSPS) is 12.3. The summed E-state index contributed by atoms with van der Waals surface area (Å²) in [6.45, 7) is 4.82. The number of nitrogens with one attached hydrogen (secondary N) is 1. The minimum absolute atomic E-state index is 0.104. The van der Waals surface area contributed by atoms with Gasteiger partial charge in [-0.25, -0.2) is 4.98 Å². The summed E-state index contributed by atoms with van der Waals surface area (Å²) in [6.07, 6.45) is 1.98. The van der Waals surface area contributed by atoms with Gasteiger partial charge in [0.25, 0.3) is 5.56 Å². The SMILES string of the molecule is CCn1nc(C=C(C)c2nc3sccc3c(=O)[nH]2)c2ccccc21. The molecule has 0 aliphatic carbocycles. The van der Waals surface area contributed by atoms with Gasteiger partial charge in [0.1, 0.15) is 10.7 Å². The van der Waals surface area contributed by atoms with Crippen LogP contribution in [0.4, 0.5) is 0 Å². The third-order valence-electron chi connectivity index (χ3n) is 4.05. The van der Waals surface area contributed by atoms with Gasteiger partial charge in [0.15, 0.2) is 0 Å². The largest absolute Gasteiger partial charge is 0.306 e. The number of fused-ring (bicyclic) bond motifs is 2. The fraction of sp³-hybridized carbons (Fsp3) is 0.167. The number of aromatic amines is 1. The fourth-order valence-corrected chi connectivity index (χ4v) is 3.59. The molecule has 120 valence electrons. The van der Waals surface area contributed by atoms with E-state index in [0.29, 0.717) is 11.2 Å². The first-order chi connectivity index (χ1) is 11.7. The van der Waals surface area contributed by atoms with Crippen LogP contribution in [0.1, 0.15) is 25.4 Å². The molecule has 0 bridgehead atoms. The van der Waals surface area contributed by atoms with E-state index < -0.39 is 0 Å². The number of hydrogen-bond acceptors (Lipinski definition) is 4. The Balaban J connectivity index is 1.86. The van der Waals surface area contributed by atoms with E-state index in [1.807, 2.05) is 35.2 Å². The van der Waals surface area contributed by atoms with Crippen molar-refractivity contribution in [3.8, 4) is 0 Å². The summed E-state index contributed by atoms with van der Waals surface area (Å²) >= 11 is 1.47. The van der Waals surface area contributed by atoms with Crippen LogP contribution >= 0.6 is 11.3 Å². The van der Waals surface area contributed by atoms with E-state index in [1.54, 1.807) is 6.07 Å². The van der Waals surface area contributed by atoms with Crippen LogP contribution in [0.2, 0.25) is 0 Å². The lowest BCUT2D eigenvalue weighted by molar-refractivity contribution is 0.681. The number of nitrogens with zero attached hydrogens (tertiary/aromatic N) is 3. The Morgan fingerprint density at radius 1 is 1.29 bits per heavy atom. The second-order valence-corrected chi connectivity index (χ2v) is 6.49. The van der Waals surface area contributed by atoms with Crippen molar-refractivity contribution in [1.29, 1.82) is 0 Å². The highest BCUT2D eigenvalue weighted by Gasteiger charge is 2.10. The third kappa shape index (κ3) is 2.35. The Bertz CT molecular complexity index is 1130. The number of aromatic nitrogens is 4. The molecule has 0 aliphatic rings. The summed E-state index contributed by atoms with van der Waals surface area (Å²) in [6, 6.07) is 9.95. The van der Waals surface area contributed by atoms with Crippen LogP contribution in [0.5, 0.6) is 0 Å². The van der Waals surface area contributed by atoms with Crippen molar-refractivity contribution in [2.45, 2.75) is 20.4 Å². The van der Waals surface area contributed by atoms with Gasteiger partial charge in [0.2, 0.25) is 0 Å². The number of H-pyrrole nitrogens is 1. The van der Waals surface area contributed by atoms with E-state index in [9.17, 15) is 4.79 Å². The predicted octanol–water partition coefficient (Wildman–Crippen LogP) is 3.91. The maximum Gasteiger partial charge on any atom is 0.259 e. The van der Waals surface area contributed by atoms with Gasteiger partial charge >= 0.3 is 0 Å². The summed E-state index contributed by atoms with van der Waals surface area (Å²) in [5.41, 5.74) is 2.77. The highest BCUT2D eigenvalue weighted by Crippen LogP contribution is 2.23. The van der Waals surface area contributed by atoms with Gasteiger partial charge in [-0.2, -0.15) is 5.10 Å². The van der Waals surface area contributed by atoms with Crippen LogP contribution in [-0.2, 0) is 6.54 Å². The van der Waals surface area contributed by atoms with Gasteiger partial charge in [0.05, 0.1) is 16.6 Å². The van der Waals surface area contributed by atoms with Crippen LogP contribution < -0.4 is 5.56 Å². The molecule has 6 heteroatoms. The quantitative estimate of drug-likeness (QED) is 0.617. The van der Waals surface area contributed by atoms with E-state index in [-0.39, 0.29) is 5.56 Å². The molecule has 0 amide bonds. The smallest absolute Gasteiger partial charge is 0.259 e. The van der Waals surface area contributed by atoms with Crippen LogP contribution in [0, 0.1) is 0 Å². The molecule has 0 aliphatic heterocycles. The van der Waals surface area contributed by atoms with Crippen molar-refractivity contribution < 1.29 is 0 Å². The number of rotatable bonds is 3. The summed E-state index contributed by atoms with van der Waals surface area (Å²) in [5, 5.41) is 8.28. The molecule has 0 atom stereocenters. The molecule has 0 unspecified atom stereocenters. The van der Waals surface area contributed by atoms with Gasteiger partial charge < -0.3 is 4.98 Å². The predicted molar refractivity (Wildman–Crippen MR) is 99.2 cm³/mol. The van der Waals surface area contributed by atoms with E-state index in [2.05, 4.69) is 34.1 Å². The maximum absolute atomic E-state index is 12.1. The molecule has 0 spiro atoms. The molecule has 1 aromatic carbocycles. The summed E-state index contributed by atoms with van der Waals surface area (Å²) < 4.78 is 1.98. The Morgan fingerprint density at radius 3 is 2.96 bits per heavy atom. The maximum atomic E-state index is 12.1. The number of allylic oxidation sites excluding steroid dienone is 1. The molecule has 4 aromatic rings. The Kier molecular flexibility index (Phi) is 3.54. The average Bonchev–Trinajstić information content (AvgIpc) is 3.20. The Labute approximate surface area is 142 Å². The van der Waals surface area contributed by atoms with Crippen molar-refractivity contribution in [3.63, 3.8) is 0 Å². The lowest BCUT2D eigenvalue weighted by Gasteiger charge is -2.00. The highest BCUT2D eigenvalue weighted by atomic mass is 32.1. The first kappa shape index (κ1) is 14.8. The Hall–Kier alpha value is -2.73. The van der Waals surface area contributed by atoms with Crippen LogP contribution in [0.3, 0.4) is 0 Å². The average molecular weight is 336 g/mol. The molecule has 5 nitrogen and oxygen atoms in total. The lowest BCUT2D eigenvalue weighted by atomic mass is 10.1. The summed E-state index contributed by atoms with van der Waals surface area (Å²) in [5.74, 6) is 0.588. The van der Waals surface area contributed by atoms with Gasteiger partial charge in [-0.1, -0.05) is 18.2 Å². The van der Waals surface area contributed by atoms with Crippen LogP contribution in [-0.4, -0.2) is 19.7 Å². The molecular formula is C18H16N4OS. The van der Waals surface area contributed by atoms with E-state index >= 15 is 0 Å². The van der Waals surface area contributed by atoms with E-state index in [0.717, 1.165) is 33.5 Å². The van der Waals surface area contributed by atoms with E-state index in [1.165, 1.54) is 11.3 Å².